The summed E-state index contributed by atoms with van der Waals surface area (Å²) < 4.78 is 25.7. The zero-order valence-corrected chi connectivity index (χ0v) is 16.5. The van der Waals surface area contributed by atoms with E-state index in [0.717, 1.165) is 12.8 Å². The first-order valence-electron chi connectivity index (χ1n) is 9.47. The van der Waals surface area contributed by atoms with E-state index in [2.05, 4.69) is 15.6 Å². The number of hydrogen-bond donors (Lipinski definition) is 2. The monoisotopic (exact) mass is 409 g/mol. The van der Waals surface area contributed by atoms with E-state index in [-0.39, 0.29) is 23.5 Å². The maximum atomic E-state index is 14.6. The van der Waals surface area contributed by atoms with Crippen molar-refractivity contribution >= 4 is 28.4 Å². The highest BCUT2D eigenvalue weighted by atomic mass is 19.1. The smallest absolute Gasteiger partial charge is 0.254 e. The van der Waals surface area contributed by atoms with E-state index in [4.69, 9.17) is 9.47 Å². The summed E-state index contributed by atoms with van der Waals surface area (Å²) in [6, 6.07) is 9.09. The quantitative estimate of drug-likeness (QED) is 0.645. The van der Waals surface area contributed by atoms with Crippen molar-refractivity contribution in [1.29, 1.82) is 0 Å². The molecule has 0 radical (unpaired) electrons. The number of nitrogens with one attached hydrogen (secondary N) is 2. The molecule has 1 heterocycles. The first-order chi connectivity index (χ1) is 14.5. The van der Waals surface area contributed by atoms with E-state index in [1.165, 1.54) is 32.5 Å². The Hall–Kier alpha value is -3.68. The van der Waals surface area contributed by atoms with Gasteiger partial charge in [-0.3, -0.25) is 14.6 Å². The SMILES string of the molecule is CNC(=O)c1cc2nccc(Oc3ccc(NC(=O)C4CC4)cc3F)c2cc1OC. The maximum absolute atomic E-state index is 14.6. The Bertz CT molecular complexity index is 1140. The van der Waals surface area contributed by atoms with Gasteiger partial charge in [-0.05, 0) is 43.2 Å². The third kappa shape index (κ3) is 3.89. The number of carbonyl (C=O) groups is 2. The predicted octanol–water partition coefficient (Wildman–Crippen LogP) is 3.88. The van der Waals surface area contributed by atoms with Gasteiger partial charge < -0.3 is 20.1 Å². The molecule has 2 N–H and O–H groups in total. The summed E-state index contributed by atoms with van der Waals surface area (Å²) in [5.74, 6) is -0.279. The predicted molar refractivity (Wildman–Crippen MR) is 110 cm³/mol. The van der Waals surface area contributed by atoms with Gasteiger partial charge in [0.1, 0.15) is 11.5 Å². The molecule has 7 nitrogen and oxygen atoms in total. The average Bonchev–Trinajstić information content (AvgIpc) is 3.60. The molecular weight excluding hydrogens is 389 g/mol. The van der Waals surface area contributed by atoms with Crippen LogP contribution in [0.3, 0.4) is 0 Å². The first kappa shape index (κ1) is 19.6. The summed E-state index contributed by atoms with van der Waals surface area (Å²) >= 11 is 0. The van der Waals surface area contributed by atoms with E-state index in [1.807, 2.05) is 0 Å². The fourth-order valence-electron chi connectivity index (χ4n) is 3.09. The summed E-state index contributed by atoms with van der Waals surface area (Å²) in [5.41, 5.74) is 1.22. The van der Waals surface area contributed by atoms with E-state index in [9.17, 15) is 14.0 Å². The highest BCUT2D eigenvalue weighted by Crippen LogP contribution is 2.35. The molecule has 0 unspecified atom stereocenters. The van der Waals surface area contributed by atoms with Gasteiger partial charge in [-0.2, -0.15) is 0 Å². The van der Waals surface area contributed by atoms with E-state index in [1.54, 1.807) is 24.3 Å². The fraction of sp³-hybridized carbons (Fsp3) is 0.227. The summed E-state index contributed by atoms with van der Waals surface area (Å²) in [6.45, 7) is 0. The van der Waals surface area contributed by atoms with Crippen molar-refractivity contribution < 1.29 is 23.5 Å². The summed E-state index contributed by atoms with van der Waals surface area (Å²) in [7, 11) is 2.98. The number of methoxy groups -OCH3 is 1. The fourth-order valence-corrected chi connectivity index (χ4v) is 3.09. The second kappa shape index (κ2) is 7.98. The van der Waals surface area contributed by atoms with Gasteiger partial charge in [-0.1, -0.05) is 0 Å². The van der Waals surface area contributed by atoms with Crippen LogP contribution >= 0.6 is 0 Å². The van der Waals surface area contributed by atoms with Crippen molar-refractivity contribution in [3.05, 3.63) is 54.0 Å². The highest BCUT2D eigenvalue weighted by Gasteiger charge is 2.29. The zero-order chi connectivity index (χ0) is 21.3. The third-order valence-electron chi connectivity index (χ3n) is 4.86. The topological polar surface area (TPSA) is 89.5 Å². The lowest BCUT2D eigenvalue weighted by Gasteiger charge is -2.13. The molecule has 4 rings (SSSR count). The van der Waals surface area contributed by atoms with Crippen LogP contribution in [-0.2, 0) is 4.79 Å². The summed E-state index contributed by atoms with van der Waals surface area (Å²) in [5, 5.41) is 5.82. The van der Waals surface area contributed by atoms with Crippen LogP contribution in [0.1, 0.15) is 23.2 Å². The lowest BCUT2D eigenvalue weighted by Crippen LogP contribution is -2.18. The minimum Gasteiger partial charge on any atom is -0.496 e. The molecule has 1 fully saturated rings. The lowest BCUT2D eigenvalue weighted by atomic mass is 10.1. The van der Waals surface area contributed by atoms with E-state index in [0.29, 0.717) is 33.7 Å². The highest BCUT2D eigenvalue weighted by molar-refractivity contribution is 6.01. The Morgan fingerprint density at radius 2 is 1.90 bits per heavy atom. The van der Waals surface area contributed by atoms with Gasteiger partial charge in [0.25, 0.3) is 5.91 Å². The number of aromatic nitrogens is 1. The molecule has 0 saturated heterocycles. The molecule has 154 valence electrons. The number of rotatable bonds is 6. The van der Waals surface area contributed by atoms with Crippen molar-refractivity contribution in [3.8, 4) is 17.2 Å². The molecular formula is C22H20FN3O4. The van der Waals surface area contributed by atoms with Crippen LogP contribution in [0.25, 0.3) is 10.9 Å². The number of anilines is 1. The van der Waals surface area contributed by atoms with Crippen LogP contribution in [0.15, 0.2) is 42.6 Å². The molecule has 1 saturated carbocycles. The average molecular weight is 409 g/mol. The van der Waals surface area contributed by atoms with Crippen LogP contribution in [0.4, 0.5) is 10.1 Å². The Kier molecular flexibility index (Phi) is 5.22. The second-order valence-electron chi connectivity index (χ2n) is 6.97. The van der Waals surface area contributed by atoms with Crippen molar-refractivity contribution in [2.75, 3.05) is 19.5 Å². The third-order valence-corrected chi connectivity index (χ3v) is 4.86. The summed E-state index contributed by atoms with van der Waals surface area (Å²) in [4.78, 5) is 28.2. The second-order valence-corrected chi connectivity index (χ2v) is 6.97. The maximum Gasteiger partial charge on any atom is 0.254 e. The van der Waals surface area contributed by atoms with Gasteiger partial charge in [-0.15, -0.1) is 0 Å². The Morgan fingerprint density at radius 3 is 2.57 bits per heavy atom. The molecule has 2 amide bonds. The number of amides is 2. The van der Waals surface area contributed by atoms with Crippen molar-refractivity contribution in [1.82, 2.24) is 10.3 Å². The van der Waals surface area contributed by atoms with Gasteiger partial charge in [-0.25, -0.2) is 4.39 Å². The number of nitrogens with zero attached hydrogens (tertiary/aromatic N) is 1. The normalized spacial score (nSPS) is 13.0. The van der Waals surface area contributed by atoms with Crippen molar-refractivity contribution in [2.45, 2.75) is 12.8 Å². The molecule has 30 heavy (non-hydrogen) atoms. The van der Waals surface area contributed by atoms with Gasteiger partial charge in [0.2, 0.25) is 5.91 Å². The number of ether oxygens (including phenoxy) is 2. The molecule has 0 spiro atoms. The van der Waals surface area contributed by atoms with Crippen LogP contribution in [0.5, 0.6) is 17.2 Å². The lowest BCUT2D eigenvalue weighted by molar-refractivity contribution is -0.117. The molecule has 0 bridgehead atoms. The van der Waals surface area contributed by atoms with Crippen LogP contribution in [0, 0.1) is 11.7 Å². The summed E-state index contributed by atoms with van der Waals surface area (Å²) in [6.07, 6.45) is 3.26. The number of halogens is 1. The molecule has 0 aliphatic heterocycles. The van der Waals surface area contributed by atoms with Crippen LogP contribution in [0.2, 0.25) is 0 Å². The van der Waals surface area contributed by atoms with Crippen molar-refractivity contribution in [2.24, 2.45) is 5.92 Å². The Morgan fingerprint density at radius 1 is 1.10 bits per heavy atom. The molecule has 1 aliphatic carbocycles. The molecule has 8 heteroatoms. The minimum absolute atomic E-state index is 0.00117. The Labute approximate surface area is 172 Å². The number of benzene rings is 2. The van der Waals surface area contributed by atoms with Crippen molar-refractivity contribution in [3.63, 3.8) is 0 Å². The molecule has 3 aromatic rings. The van der Waals surface area contributed by atoms with Gasteiger partial charge in [0.15, 0.2) is 11.6 Å². The van der Waals surface area contributed by atoms with Crippen LogP contribution < -0.4 is 20.1 Å². The van der Waals surface area contributed by atoms with Gasteiger partial charge in [0, 0.05) is 36.3 Å². The largest absolute Gasteiger partial charge is 0.496 e. The minimum atomic E-state index is -0.609. The molecule has 0 atom stereocenters. The zero-order valence-electron chi connectivity index (χ0n) is 16.5. The number of hydrogen-bond acceptors (Lipinski definition) is 5. The molecule has 2 aromatic carbocycles. The molecule has 1 aromatic heterocycles. The van der Waals surface area contributed by atoms with Crippen LogP contribution in [-0.4, -0.2) is 31.0 Å². The number of pyridine rings is 1. The van der Waals surface area contributed by atoms with E-state index >= 15 is 0 Å². The number of fused-ring (bicyclic) bond motifs is 1. The van der Waals surface area contributed by atoms with Gasteiger partial charge >= 0.3 is 0 Å². The number of carbonyl (C=O) groups excluding carboxylic acids is 2. The first-order valence-corrected chi connectivity index (χ1v) is 9.47. The standard InChI is InChI=1S/C22H20FN3O4/c1-24-22(28)15-10-17-14(11-20(15)29-2)18(7-8-25-17)30-19-6-5-13(9-16(19)23)26-21(27)12-3-4-12/h5-12H,3-4H2,1-2H3,(H,24,28)(H,26,27). The Balaban J connectivity index is 1.64. The van der Waals surface area contributed by atoms with E-state index < -0.39 is 5.82 Å². The van der Waals surface area contributed by atoms with Gasteiger partial charge in [0.05, 0.1) is 18.2 Å². The molecule has 1 aliphatic rings.